The molecule has 0 aliphatic rings. The zero-order chi connectivity index (χ0) is 16.8. The molecule has 3 nitrogen and oxygen atoms in total. The molecule has 24 heavy (non-hydrogen) atoms. The fraction of sp³-hybridized carbons (Fsp3) is 0.143. The highest BCUT2D eigenvalue weighted by molar-refractivity contribution is 5.79. The van der Waals surface area contributed by atoms with Gasteiger partial charge in [-0.1, -0.05) is 54.6 Å². The van der Waals surface area contributed by atoms with E-state index in [1.165, 1.54) is 5.56 Å². The molecule has 0 saturated carbocycles. The first-order valence-corrected chi connectivity index (χ1v) is 8.06. The minimum atomic E-state index is -0.0240. The molecular weight excluding hydrogens is 296 g/mol. The van der Waals surface area contributed by atoms with E-state index in [1.807, 2.05) is 49.4 Å². The van der Waals surface area contributed by atoms with Crippen LogP contribution < -0.4 is 5.32 Å². The van der Waals surface area contributed by atoms with Crippen molar-refractivity contribution in [2.75, 3.05) is 0 Å². The van der Waals surface area contributed by atoms with Crippen molar-refractivity contribution in [2.45, 2.75) is 19.4 Å². The number of carbonyl (C=O) groups is 1. The lowest BCUT2D eigenvalue weighted by molar-refractivity contribution is -0.121. The predicted molar refractivity (Wildman–Crippen MR) is 96.4 cm³/mol. The molecule has 2 aromatic carbocycles. The maximum atomic E-state index is 12.2. The summed E-state index contributed by atoms with van der Waals surface area (Å²) >= 11 is 0. The third-order valence-corrected chi connectivity index (χ3v) is 4.01. The highest BCUT2D eigenvalue weighted by atomic mass is 16.1. The molecule has 0 aliphatic carbocycles. The van der Waals surface area contributed by atoms with Crippen LogP contribution in [0.5, 0.6) is 0 Å². The second-order valence-electron chi connectivity index (χ2n) is 5.81. The number of nitrogens with one attached hydrogen (secondary N) is 1. The monoisotopic (exact) mass is 316 g/mol. The molecule has 0 fully saturated rings. The molecule has 3 aromatic rings. The first-order valence-electron chi connectivity index (χ1n) is 8.06. The maximum absolute atomic E-state index is 12.2. The van der Waals surface area contributed by atoms with Gasteiger partial charge in [-0.25, -0.2) is 0 Å². The van der Waals surface area contributed by atoms with Crippen LogP contribution >= 0.6 is 0 Å². The predicted octanol–water partition coefficient (Wildman–Crippen LogP) is 4.17. The zero-order valence-corrected chi connectivity index (χ0v) is 13.6. The molecule has 0 aliphatic heterocycles. The number of rotatable bonds is 5. The van der Waals surface area contributed by atoms with Gasteiger partial charge in [-0.05, 0) is 41.3 Å². The smallest absolute Gasteiger partial charge is 0.224 e. The summed E-state index contributed by atoms with van der Waals surface area (Å²) in [7, 11) is 0. The molecule has 1 atom stereocenters. The number of pyridine rings is 1. The lowest BCUT2D eigenvalue weighted by Gasteiger charge is -2.14. The third-order valence-electron chi connectivity index (χ3n) is 4.01. The zero-order valence-electron chi connectivity index (χ0n) is 13.6. The average molecular weight is 316 g/mol. The Bertz CT molecular complexity index is 783. The summed E-state index contributed by atoms with van der Waals surface area (Å²) in [5.74, 6) is 0.0202. The highest BCUT2D eigenvalue weighted by Gasteiger charge is 2.10. The highest BCUT2D eigenvalue weighted by Crippen LogP contribution is 2.19. The first kappa shape index (κ1) is 15.9. The van der Waals surface area contributed by atoms with Gasteiger partial charge in [0.2, 0.25) is 5.91 Å². The molecular formula is C21H20N2O. The van der Waals surface area contributed by atoms with Gasteiger partial charge < -0.3 is 5.32 Å². The van der Waals surface area contributed by atoms with Gasteiger partial charge in [0.25, 0.3) is 0 Å². The van der Waals surface area contributed by atoms with E-state index in [1.54, 1.807) is 12.4 Å². The molecule has 0 saturated heterocycles. The van der Waals surface area contributed by atoms with Crippen molar-refractivity contribution < 1.29 is 4.79 Å². The molecule has 120 valence electrons. The van der Waals surface area contributed by atoms with Crippen LogP contribution in [0, 0.1) is 0 Å². The van der Waals surface area contributed by atoms with Gasteiger partial charge in [0.05, 0.1) is 12.5 Å². The van der Waals surface area contributed by atoms with Crippen LogP contribution in [0.4, 0.5) is 0 Å². The summed E-state index contributed by atoms with van der Waals surface area (Å²) in [4.78, 5) is 16.2. The first-order chi connectivity index (χ1) is 11.7. The Kier molecular flexibility index (Phi) is 5.02. The van der Waals surface area contributed by atoms with Crippen LogP contribution in [-0.2, 0) is 11.2 Å². The van der Waals surface area contributed by atoms with Gasteiger partial charge in [0.1, 0.15) is 0 Å². The van der Waals surface area contributed by atoms with Gasteiger partial charge in [0, 0.05) is 12.4 Å². The van der Waals surface area contributed by atoms with Crippen LogP contribution in [0.1, 0.15) is 24.1 Å². The molecule has 0 radical (unpaired) electrons. The number of benzene rings is 2. The minimum absolute atomic E-state index is 0.0202. The summed E-state index contributed by atoms with van der Waals surface area (Å²) in [5, 5.41) is 3.02. The van der Waals surface area contributed by atoms with E-state index >= 15 is 0 Å². The van der Waals surface area contributed by atoms with Crippen molar-refractivity contribution in [2.24, 2.45) is 0 Å². The summed E-state index contributed by atoms with van der Waals surface area (Å²) < 4.78 is 0. The lowest BCUT2D eigenvalue weighted by Crippen LogP contribution is -2.28. The Labute approximate surface area is 142 Å². The maximum Gasteiger partial charge on any atom is 0.224 e. The quantitative estimate of drug-likeness (QED) is 0.767. The van der Waals surface area contributed by atoms with Crippen molar-refractivity contribution in [3.8, 4) is 11.1 Å². The van der Waals surface area contributed by atoms with Crippen LogP contribution in [0.2, 0.25) is 0 Å². The van der Waals surface area contributed by atoms with Crippen molar-refractivity contribution in [3.05, 3.63) is 90.3 Å². The van der Waals surface area contributed by atoms with Gasteiger partial charge in [-0.2, -0.15) is 0 Å². The Morgan fingerprint density at radius 3 is 2.21 bits per heavy atom. The van der Waals surface area contributed by atoms with Gasteiger partial charge in [0.15, 0.2) is 0 Å². The Hall–Kier alpha value is -2.94. The van der Waals surface area contributed by atoms with E-state index in [-0.39, 0.29) is 11.9 Å². The number of amides is 1. The van der Waals surface area contributed by atoms with E-state index in [4.69, 9.17) is 0 Å². The SMILES string of the molecule is CC(NC(=O)Cc1ccc(-c2ccccc2)cc1)c1ccncc1. The number of hydrogen-bond donors (Lipinski definition) is 1. The van der Waals surface area contributed by atoms with Crippen LogP contribution in [-0.4, -0.2) is 10.9 Å². The minimum Gasteiger partial charge on any atom is -0.349 e. The number of hydrogen-bond acceptors (Lipinski definition) is 2. The molecule has 1 N–H and O–H groups in total. The molecule has 1 heterocycles. The molecule has 1 unspecified atom stereocenters. The fourth-order valence-corrected chi connectivity index (χ4v) is 2.66. The van der Waals surface area contributed by atoms with Crippen molar-refractivity contribution in [3.63, 3.8) is 0 Å². The number of carbonyl (C=O) groups excluding carboxylic acids is 1. The fourth-order valence-electron chi connectivity index (χ4n) is 2.66. The summed E-state index contributed by atoms with van der Waals surface area (Å²) in [6, 6.07) is 22.2. The summed E-state index contributed by atoms with van der Waals surface area (Å²) in [5.41, 5.74) is 4.40. The summed E-state index contributed by atoms with van der Waals surface area (Å²) in [6.45, 7) is 1.98. The van der Waals surface area contributed by atoms with Crippen molar-refractivity contribution in [1.29, 1.82) is 0 Å². The molecule has 0 spiro atoms. The number of nitrogens with zero attached hydrogens (tertiary/aromatic N) is 1. The number of aromatic nitrogens is 1. The van der Waals surface area contributed by atoms with E-state index in [2.05, 4.69) is 34.6 Å². The van der Waals surface area contributed by atoms with Crippen molar-refractivity contribution >= 4 is 5.91 Å². The molecule has 3 heteroatoms. The van der Waals surface area contributed by atoms with Crippen LogP contribution in [0.3, 0.4) is 0 Å². The molecule has 1 amide bonds. The second kappa shape index (κ2) is 7.55. The van der Waals surface area contributed by atoms with Gasteiger partial charge in [-0.15, -0.1) is 0 Å². The van der Waals surface area contributed by atoms with E-state index in [0.717, 1.165) is 16.7 Å². The Morgan fingerprint density at radius 1 is 0.917 bits per heavy atom. The van der Waals surface area contributed by atoms with E-state index < -0.39 is 0 Å². The van der Waals surface area contributed by atoms with Crippen LogP contribution in [0.25, 0.3) is 11.1 Å². The average Bonchev–Trinajstić information content (AvgIpc) is 2.64. The van der Waals surface area contributed by atoms with Crippen molar-refractivity contribution in [1.82, 2.24) is 10.3 Å². The molecule has 3 rings (SSSR count). The van der Waals surface area contributed by atoms with Gasteiger partial charge >= 0.3 is 0 Å². The Balaban J connectivity index is 1.61. The topological polar surface area (TPSA) is 42.0 Å². The van der Waals surface area contributed by atoms with Crippen LogP contribution in [0.15, 0.2) is 79.1 Å². The Morgan fingerprint density at radius 2 is 1.54 bits per heavy atom. The standard InChI is InChI=1S/C21H20N2O/c1-16(18-11-13-22-14-12-18)23-21(24)15-17-7-9-20(10-8-17)19-5-3-2-4-6-19/h2-14,16H,15H2,1H3,(H,23,24). The summed E-state index contributed by atoms with van der Waals surface area (Å²) in [6.07, 6.45) is 3.85. The third kappa shape index (κ3) is 4.07. The largest absolute Gasteiger partial charge is 0.349 e. The van der Waals surface area contributed by atoms with E-state index in [0.29, 0.717) is 6.42 Å². The van der Waals surface area contributed by atoms with Gasteiger partial charge in [-0.3, -0.25) is 9.78 Å². The second-order valence-corrected chi connectivity index (χ2v) is 5.81. The normalized spacial score (nSPS) is 11.7. The van der Waals surface area contributed by atoms with E-state index in [9.17, 15) is 4.79 Å². The lowest BCUT2D eigenvalue weighted by atomic mass is 10.0. The molecule has 0 bridgehead atoms. The molecule has 1 aromatic heterocycles.